The highest BCUT2D eigenvalue weighted by Crippen LogP contribution is 2.39. The molecule has 1 fully saturated rings. The summed E-state index contributed by atoms with van der Waals surface area (Å²) in [6.07, 6.45) is -2.00. The standard InChI is InChI=1S/C12H16BrN5O4/c1-4-7(20)5(3-19)22-10(4)18-8-6(15-11(18)13)9(21-2)17-12(14)16-8/h4-5,7,10,19-20H,3H2,1-2H3,(H2,14,16,17). The summed E-state index contributed by atoms with van der Waals surface area (Å²) < 4.78 is 13.0. The van der Waals surface area contributed by atoms with Crippen LogP contribution in [0, 0.1) is 5.92 Å². The van der Waals surface area contributed by atoms with Gasteiger partial charge in [-0.15, -0.1) is 0 Å². The number of nitrogens with zero attached hydrogens (tertiary/aromatic N) is 4. The van der Waals surface area contributed by atoms with Crippen LogP contribution in [0.4, 0.5) is 5.95 Å². The number of hydrogen-bond acceptors (Lipinski definition) is 8. The van der Waals surface area contributed by atoms with Gasteiger partial charge >= 0.3 is 0 Å². The van der Waals surface area contributed by atoms with Gasteiger partial charge in [0, 0.05) is 5.92 Å². The Morgan fingerprint density at radius 2 is 2.14 bits per heavy atom. The fourth-order valence-electron chi connectivity index (χ4n) is 2.64. The first-order valence-electron chi connectivity index (χ1n) is 6.67. The predicted molar refractivity (Wildman–Crippen MR) is 80.2 cm³/mol. The molecule has 0 amide bonds. The van der Waals surface area contributed by atoms with Gasteiger partial charge in [-0.25, -0.2) is 4.98 Å². The summed E-state index contributed by atoms with van der Waals surface area (Å²) in [6, 6.07) is 0. The number of nitrogen functional groups attached to an aromatic ring is 1. The number of rotatable bonds is 3. The summed E-state index contributed by atoms with van der Waals surface area (Å²) in [7, 11) is 1.47. The summed E-state index contributed by atoms with van der Waals surface area (Å²) in [6.45, 7) is 1.55. The smallest absolute Gasteiger partial charge is 0.247 e. The zero-order valence-corrected chi connectivity index (χ0v) is 13.6. The number of aromatic nitrogens is 4. The van der Waals surface area contributed by atoms with Gasteiger partial charge in [0.05, 0.1) is 19.8 Å². The van der Waals surface area contributed by atoms with Crippen molar-refractivity contribution in [3.05, 3.63) is 4.73 Å². The maximum atomic E-state index is 10.1. The van der Waals surface area contributed by atoms with Gasteiger partial charge in [-0.3, -0.25) is 4.57 Å². The molecule has 2 aromatic heterocycles. The SMILES string of the molecule is COc1nc(N)nc2c1nc(Br)n2C1OC(CO)C(O)C1C. The molecular formula is C12H16BrN5O4. The molecular weight excluding hydrogens is 358 g/mol. The zero-order valence-electron chi connectivity index (χ0n) is 12.0. The van der Waals surface area contributed by atoms with E-state index in [-0.39, 0.29) is 24.4 Å². The van der Waals surface area contributed by atoms with Crippen LogP contribution in [-0.4, -0.2) is 55.7 Å². The minimum Gasteiger partial charge on any atom is -0.479 e. The molecule has 0 bridgehead atoms. The molecule has 120 valence electrons. The van der Waals surface area contributed by atoms with Crippen LogP contribution < -0.4 is 10.5 Å². The van der Waals surface area contributed by atoms with E-state index in [1.807, 2.05) is 6.92 Å². The number of anilines is 1. The summed E-state index contributed by atoms with van der Waals surface area (Å²) in [5, 5.41) is 19.4. The summed E-state index contributed by atoms with van der Waals surface area (Å²) in [5.74, 6) is 0.0304. The molecule has 1 aliphatic rings. The molecule has 0 aromatic carbocycles. The van der Waals surface area contributed by atoms with E-state index in [0.717, 1.165) is 0 Å². The number of ether oxygens (including phenoxy) is 2. The molecule has 4 atom stereocenters. The normalized spacial score (nSPS) is 28.4. The monoisotopic (exact) mass is 373 g/mol. The second kappa shape index (κ2) is 5.61. The quantitative estimate of drug-likeness (QED) is 0.644. The topological polar surface area (TPSA) is 129 Å². The van der Waals surface area contributed by atoms with Gasteiger partial charge in [-0.1, -0.05) is 6.92 Å². The highest BCUT2D eigenvalue weighted by atomic mass is 79.9. The van der Waals surface area contributed by atoms with Gasteiger partial charge in [0.15, 0.2) is 15.9 Å². The zero-order chi connectivity index (χ0) is 16.0. The third-order valence-electron chi connectivity index (χ3n) is 3.79. The highest BCUT2D eigenvalue weighted by Gasteiger charge is 2.43. The van der Waals surface area contributed by atoms with E-state index in [9.17, 15) is 10.2 Å². The van der Waals surface area contributed by atoms with Crippen LogP contribution in [0.5, 0.6) is 5.88 Å². The maximum Gasteiger partial charge on any atom is 0.247 e. The number of imidazole rings is 1. The summed E-state index contributed by atoms with van der Waals surface area (Å²) in [4.78, 5) is 12.5. The van der Waals surface area contributed by atoms with Gasteiger partial charge in [0.1, 0.15) is 12.3 Å². The van der Waals surface area contributed by atoms with Gasteiger partial charge in [-0.05, 0) is 15.9 Å². The molecule has 0 aliphatic carbocycles. The summed E-state index contributed by atoms with van der Waals surface area (Å²) in [5.41, 5.74) is 6.56. The van der Waals surface area contributed by atoms with Crippen molar-refractivity contribution in [2.45, 2.75) is 25.4 Å². The Bertz CT molecular complexity index is 708. The van der Waals surface area contributed by atoms with Crippen LogP contribution in [0.15, 0.2) is 4.73 Å². The fourth-order valence-corrected chi connectivity index (χ4v) is 3.19. The average molecular weight is 374 g/mol. The largest absolute Gasteiger partial charge is 0.479 e. The molecule has 3 heterocycles. The molecule has 1 aliphatic heterocycles. The number of fused-ring (bicyclic) bond motifs is 1. The first-order chi connectivity index (χ1) is 10.5. The number of hydrogen-bond donors (Lipinski definition) is 3. The van der Waals surface area contributed by atoms with Gasteiger partial charge < -0.3 is 25.4 Å². The fraction of sp³-hybridized carbons (Fsp3) is 0.583. The second-order valence-electron chi connectivity index (χ2n) is 5.11. The van der Waals surface area contributed by atoms with Crippen LogP contribution in [0.25, 0.3) is 11.2 Å². The molecule has 10 heteroatoms. The highest BCUT2D eigenvalue weighted by molar-refractivity contribution is 9.10. The van der Waals surface area contributed by atoms with Gasteiger partial charge in [-0.2, -0.15) is 9.97 Å². The Balaban J connectivity index is 2.15. The number of methoxy groups -OCH3 is 1. The van der Waals surface area contributed by atoms with Gasteiger partial charge in [0.2, 0.25) is 11.8 Å². The first-order valence-corrected chi connectivity index (χ1v) is 7.46. The number of aliphatic hydroxyl groups is 2. The van der Waals surface area contributed by atoms with Crippen LogP contribution in [0.1, 0.15) is 13.2 Å². The molecule has 9 nitrogen and oxygen atoms in total. The Kier molecular flexibility index (Phi) is 3.93. The van der Waals surface area contributed by atoms with Crippen molar-refractivity contribution in [1.82, 2.24) is 19.5 Å². The molecule has 0 spiro atoms. The third kappa shape index (κ3) is 2.22. The van der Waals surface area contributed by atoms with E-state index in [2.05, 4.69) is 30.9 Å². The number of aliphatic hydroxyl groups excluding tert-OH is 2. The Hall–Kier alpha value is -1.49. The Morgan fingerprint density at radius 3 is 2.73 bits per heavy atom. The lowest BCUT2D eigenvalue weighted by molar-refractivity contribution is -0.0454. The molecule has 2 aromatic rings. The number of halogens is 1. The Morgan fingerprint density at radius 1 is 1.41 bits per heavy atom. The van der Waals surface area contributed by atoms with Gasteiger partial charge in [0.25, 0.3) is 0 Å². The lowest BCUT2D eigenvalue weighted by atomic mass is 10.0. The van der Waals surface area contributed by atoms with Crippen molar-refractivity contribution in [3.8, 4) is 5.88 Å². The van der Waals surface area contributed by atoms with E-state index >= 15 is 0 Å². The molecule has 1 saturated heterocycles. The van der Waals surface area contributed by atoms with E-state index in [1.165, 1.54) is 7.11 Å². The second-order valence-corrected chi connectivity index (χ2v) is 5.82. The third-order valence-corrected chi connectivity index (χ3v) is 4.35. The minimum absolute atomic E-state index is 0.0444. The van der Waals surface area contributed by atoms with Crippen molar-refractivity contribution in [2.75, 3.05) is 19.5 Å². The molecule has 3 rings (SSSR count). The minimum atomic E-state index is -0.791. The molecule has 0 radical (unpaired) electrons. The van der Waals surface area contributed by atoms with E-state index in [0.29, 0.717) is 15.9 Å². The van der Waals surface area contributed by atoms with Crippen LogP contribution in [0.2, 0.25) is 0 Å². The maximum absolute atomic E-state index is 10.1. The van der Waals surface area contributed by atoms with Crippen molar-refractivity contribution < 1.29 is 19.7 Å². The lowest BCUT2D eigenvalue weighted by Gasteiger charge is -2.18. The molecule has 4 unspecified atom stereocenters. The van der Waals surface area contributed by atoms with Crippen molar-refractivity contribution >= 4 is 33.0 Å². The average Bonchev–Trinajstić information content (AvgIpc) is 2.96. The van der Waals surface area contributed by atoms with E-state index < -0.39 is 18.4 Å². The first kappa shape index (κ1) is 15.4. The summed E-state index contributed by atoms with van der Waals surface area (Å²) >= 11 is 3.36. The van der Waals surface area contributed by atoms with Crippen LogP contribution >= 0.6 is 15.9 Å². The van der Waals surface area contributed by atoms with Crippen molar-refractivity contribution in [3.63, 3.8) is 0 Å². The molecule has 0 saturated carbocycles. The lowest BCUT2D eigenvalue weighted by Crippen LogP contribution is -2.28. The van der Waals surface area contributed by atoms with Crippen molar-refractivity contribution in [1.29, 1.82) is 0 Å². The number of nitrogens with two attached hydrogens (primary N) is 1. The molecule has 4 N–H and O–H groups in total. The van der Waals surface area contributed by atoms with Crippen molar-refractivity contribution in [2.24, 2.45) is 5.92 Å². The van der Waals surface area contributed by atoms with E-state index in [1.54, 1.807) is 4.57 Å². The predicted octanol–water partition coefficient (Wildman–Crippen LogP) is 0.0663. The van der Waals surface area contributed by atoms with E-state index in [4.69, 9.17) is 15.2 Å². The molecule has 22 heavy (non-hydrogen) atoms. The van der Waals surface area contributed by atoms with Crippen LogP contribution in [-0.2, 0) is 4.74 Å². The Labute approximate surface area is 134 Å². The van der Waals surface area contributed by atoms with Crippen LogP contribution in [0.3, 0.4) is 0 Å².